The first-order valence-corrected chi connectivity index (χ1v) is 13.6. The number of pyridine rings is 1. The van der Waals surface area contributed by atoms with Crippen LogP contribution in [0.15, 0.2) is 48.7 Å². The number of nitrogens with one attached hydrogen (secondary N) is 1. The molecule has 2 aliphatic rings. The van der Waals surface area contributed by atoms with Crippen molar-refractivity contribution in [1.82, 2.24) is 15.1 Å². The minimum absolute atomic E-state index is 0.0623. The molecule has 4 rings (SSSR count). The molecule has 3 amide bonds. The zero-order valence-electron chi connectivity index (χ0n) is 23.0. The molecule has 2 aliphatic heterocycles. The van der Waals surface area contributed by atoms with Gasteiger partial charge in [0.05, 0.1) is 12.6 Å². The predicted molar refractivity (Wildman–Crippen MR) is 146 cm³/mol. The monoisotopic (exact) mass is 535 g/mol. The van der Waals surface area contributed by atoms with E-state index in [1.54, 1.807) is 18.2 Å². The van der Waals surface area contributed by atoms with Gasteiger partial charge in [-0.15, -0.1) is 0 Å². The molecule has 0 bridgehead atoms. The van der Waals surface area contributed by atoms with E-state index in [4.69, 9.17) is 0 Å². The van der Waals surface area contributed by atoms with E-state index < -0.39 is 24.0 Å². The number of fused-ring (bicyclic) bond motifs is 1. The number of carbonyl (C=O) groups is 4. The molecule has 2 saturated heterocycles. The quantitative estimate of drug-likeness (QED) is 0.388. The van der Waals surface area contributed by atoms with Crippen LogP contribution >= 0.6 is 0 Å². The highest BCUT2D eigenvalue weighted by Gasteiger charge is 2.53. The molecule has 3 heterocycles. The number of carbonyl (C=O) groups excluding carboxylic acids is 4. The first-order valence-electron chi connectivity index (χ1n) is 13.6. The van der Waals surface area contributed by atoms with Crippen LogP contribution in [0, 0.1) is 11.1 Å². The molecule has 3 unspecified atom stereocenters. The maximum absolute atomic E-state index is 13.8. The van der Waals surface area contributed by atoms with Gasteiger partial charge in [-0.1, -0.05) is 13.8 Å². The van der Waals surface area contributed by atoms with E-state index in [-0.39, 0.29) is 35.8 Å². The van der Waals surface area contributed by atoms with Crippen molar-refractivity contribution in [2.24, 2.45) is 5.92 Å². The summed E-state index contributed by atoms with van der Waals surface area (Å²) in [6.45, 7) is 9.92. The summed E-state index contributed by atoms with van der Waals surface area (Å²) >= 11 is 0. The zero-order chi connectivity index (χ0) is 28.3. The molecule has 0 radical (unpaired) electrons. The molecule has 2 aromatic rings. The number of aromatic nitrogens is 1. The van der Waals surface area contributed by atoms with Gasteiger partial charge in [-0.3, -0.25) is 19.2 Å². The second kappa shape index (κ2) is 11.8. The molecule has 39 heavy (non-hydrogen) atoms. The Morgan fingerprint density at radius 3 is 2.38 bits per heavy atom. The van der Waals surface area contributed by atoms with Crippen LogP contribution < -0.4 is 14.9 Å². The van der Waals surface area contributed by atoms with E-state index in [1.165, 1.54) is 28.1 Å². The van der Waals surface area contributed by atoms with Crippen molar-refractivity contribution < 1.29 is 23.9 Å². The SMILES string of the molecule is CCN(CC)c1ccc(C(=O)NC(CC(C)C)C(=O)N2CCC3C2C(=O)CN3C(=O)c2cccc[n+]2[O-])cc1. The van der Waals surface area contributed by atoms with Crippen LogP contribution in [0.4, 0.5) is 5.69 Å². The molecule has 10 heteroatoms. The van der Waals surface area contributed by atoms with Gasteiger partial charge in [0.1, 0.15) is 12.1 Å². The Bertz CT molecular complexity index is 1230. The Kier molecular flexibility index (Phi) is 8.52. The van der Waals surface area contributed by atoms with Crippen molar-refractivity contribution in [2.75, 3.05) is 31.1 Å². The minimum atomic E-state index is -0.811. The number of amides is 3. The van der Waals surface area contributed by atoms with Crippen molar-refractivity contribution in [2.45, 2.75) is 58.7 Å². The van der Waals surface area contributed by atoms with Crippen LogP contribution in [0.2, 0.25) is 0 Å². The summed E-state index contributed by atoms with van der Waals surface area (Å²) in [5.41, 5.74) is 1.41. The van der Waals surface area contributed by atoms with Crippen LogP contribution in [0.25, 0.3) is 0 Å². The number of rotatable bonds is 9. The third kappa shape index (κ3) is 5.74. The van der Waals surface area contributed by atoms with Gasteiger partial charge in [0.15, 0.2) is 12.0 Å². The number of benzene rings is 1. The average Bonchev–Trinajstić information content (AvgIpc) is 3.50. The van der Waals surface area contributed by atoms with Gasteiger partial charge in [-0.2, -0.15) is 4.73 Å². The molecule has 1 aromatic carbocycles. The van der Waals surface area contributed by atoms with Gasteiger partial charge in [-0.25, -0.2) is 0 Å². The minimum Gasteiger partial charge on any atom is -0.618 e. The fourth-order valence-corrected chi connectivity index (χ4v) is 5.63. The van der Waals surface area contributed by atoms with E-state index in [0.29, 0.717) is 29.7 Å². The molecule has 0 spiro atoms. The number of nitrogens with zero attached hydrogens (tertiary/aromatic N) is 4. The number of ketones is 1. The predicted octanol–water partition coefficient (Wildman–Crippen LogP) is 2.01. The average molecular weight is 536 g/mol. The molecule has 0 aliphatic carbocycles. The third-order valence-corrected chi connectivity index (χ3v) is 7.58. The fraction of sp³-hybridized carbons (Fsp3) is 0.483. The topological polar surface area (TPSA) is 117 Å². The molecular formula is C29H37N5O5. The summed E-state index contributed by atoms with van der Waals surface area (Å²) in [5, 5.41) is 15.0. The number of hydrogen-bond donors (Lipinski definition) is 1. The van der Waals surface area contributed by atoms with E-state index >= 15 is 0 Å². The lowest BCUT2D eigenvalue weighted by Crippen LogP contribution is -2.53. The Balaban J connectivity index is 1.49. The maximum Gasteiger partial charge on any atom is 0.320 e. The van der Waals surface area contributed by atoms with Crippen molar-refractivity contribution >= 4 is 29.2 Å². The number of anilines is 1. The first kappa shape index (κ1) is 28.1. The van der Waals surface area contributed by atoms with E-state index in [9.17, 15) is 24.4 Å². The number of Topliss-reactive ketones (excluding diaryl/α,β-unsaturated/α-hetero) is 1. The Labute approximate surface area is 229 Å². The van der Waals surface area contributed by atoms with E-state index in [1.807, 2.05) is 26.0 Å². The van der Waals surface area contributed by atoms with Gasteiger partial charge in [-0.05, 0) is 62.9 Å². The summed E-state index contributed by atoms with van der Waals surface area (Å²) in [4.78, 5) is 58.2. The molecule has 10 nitrogen and oxygen atoms in total. The van der Waals surface area contributed by atoms with Crippen LogP contribution in [0.3, 0.4) is 0 Å². The maximum atomic E-state index is 13.8. The smallest absolute Gasteiger partial charge is 0.320 e. The standard InChI is InChI=1S/C29H37N5O5/c1-5-31(6-2)21-12-10-20(11-13-21)27(36)30-22(17-19(3)4)28(37)32-16-14-23-26(32)25(35)18-33(23)29(38)24-9-7-8-15-34(24)39/h7-13,15,19,22-23,26H,5-6,14,16-18H2,1-4H3,(H,30,36). The summed E-state index contributed by atoms with van der Waals surface area (Å²) in [7, 11) is 0. The van der Waals surface area contributed by atoms with Gasteiger partial charge in [0, 0.05) is 43.0 Å². The zero-order valence-corrected chi connectivity index (χ0v) is 23.0. The van der Waals surface area contributed by atoms with E-state index in [0.717, 1.165) is 18.8 Å². The highest BCUT2D eigenvalue weighted by atomic mass is 16.5. The van der Waals surface area contributed by atoms with Crippen molar-refractivity contribution in [3.8, 4) is 0 Å². The highest BCUT2D eigenvalue weighted by molar-refractivity contribution is 6.02. The van der Waals surface area contributed by atoms with Crippen LogP contribution in [0.1, 0.15) is 61.4 Å². The van der Waals surface area contributed by atoms with Gasteiger partial charge in [0.25, 0.3) is 11.6 Å². The van der Waals surface area contributed by atoms with Crippen LogP contribution in [0.5, 0.6) is 0 Å². The van der Waals surface area contributed by atoms with Gasteiger partial charge < -0.3 is 25.2 Å². The highest BCUT2D eigenvalue weighted by Crippen LogP contribution is 2.31. The lowest BCUT2D eigenvalue weighted by Gasteiger charge is -2.29. The normalized spacial score (nSPS) is 19.3. The first-order chi connectivity index (χ1) is 18.7. The summed E-state index contributed by atoms with van der Waals surface area (Å²) in [5.74, 6) is -1.33. The van der Waals surface area contributed by atoms with Gasteiger partial charge in [0.2, 0.25) is 5.91 Å². The Morgan fingerprint density at radius 2 is 1.77 bits per heavy atom. The lowest BCUT2D eigenvalue weighted by molar-refractivity contribution is -0.608. The summed E-state index contributed by atoms with van der Waals surface area (Å²) in [6, 6.07) is 9.74. The van der Waals surface area contributed by atoms with Crippen LogP contribution in [-0.2, 0) is 9.59 Å². The lowest BCUT2D eigenvalue weighted by atomic mass is 10.0. The number of hydrogen-bond acceptors (Lipinski definition) is 6. The second-order valence-corrected chi connectivity index (χ2v) is 10.5. The molecule has 208 valence electrons. The molecule has 2 fully saturated rings. The van der Waals surface area contributed by atoms with E-state index in [2.05, 4.69) is 24.1 Å². The molecule has 0 saturated carbocycles. The van der Waals surface area contributed by atoms with Gasteiger partial charge >= 0.3 is 5.91 Å². The van der Waals surface area contributed by atoms with Crippen molar-refractivity contribution in [3.05, 3.63) is 65.1 Å². The molecule has 1 N–H and O–H groups in total. The molecule has 3 atom stereocenters. The summed E-state index contributed by atoms with van der Waals surface area (Å²) < 4.78 is 0.487. The second-order valence-electron chi connectivity index (χ2n) is 10.5. The third-order valence-electron chi connectivity index (χ3n) is 7.58. The fourth-order valence-electron chi connectivity index (χ4n) is 5.63. The number of likely N-dealkylation sites (tertiary alicyclic amines) is 2. The molecule has 1 aromatic heterocycles. The molecular weight excluding hydrogens is 498 g/mol. The van der Waals surface area contributed by atoms with Crippen molar-refractivity contribution in [3.63, 3.8) is 0 Å². The Hall–Kier alpha value is -3.95. The van der Waals surface area contributed by atoms with Crippen LogP contribution in [-0.4, -0.2) is 77.6 Å². The largest absolute Gasteiger partial charge is 0.618 e. The summed E-state index contributed by atoms with van der Waals surface area (Å²) in [6.07, 6.45) is 2.07. The van der Waals surface area contributed by atoms with Crippen molar-refractivity contribution in [1.29, 1.82) is 0 Å². The Morgan fingerprint density at radius 1 is 1.08 bits per heavy atom.